The number of fused-ring (bicyclic) bond motifs is 9. The van der Waals surface area contributed by atoms with E-state index in [1.807, 2.05) is 30.3 Å². The highest BCUT2D eigenvalue weighted by Gasteiger charge is 2.55. The number of rotatable bonds is 5. The molecule has 0 radical (unpaired) electrons. The van der Waals surface area contributed by atoms with Gasteiger partial charge in [0.05, 0.1) is 5.41 Å². The molecule has 1 spiro atoms. The first kappa shape index (κ1) is 32.3. The summed E-state index contributed by atoms with van der Waals surface area (Å²) in [5.74, 6) is 3.81. The van der Waals surface area contributed by atoms with Gasteiger partial charge in [0.25, 0.3) is 0 Å². The number of nitrogens with zero attached hydrogens (tertiary/aromatic N) is 3. The van der Waals surface area contributed by atoms with Crippen LogP contribution in [-0.2, 0) is 5.41 Å². The largest absolute Gasteiger partial charge is 0.460 e. The Hall–Kier alpha value is -7.17. The third-order valence-corrected chi connectivity index (χ3v) is 11.7. The molecular formula is C52H35N3O. The van der Waals surface area contributed by atoms with Crippen molar-refractivity contribution in [3.63, 3.8) is 0 Å². The molecule has 0 N–H and O–H groups in total. The molecule has 0 bridgehead atoms. The van der Waals surface area contributed by atoms with Crippen molar-refractivity contribution >= 4 is 0 Å². The van der Waals surface area contributed by atoms with Gasteiger partial charge in [0.2, 0.25) is 0 Å². The number of para-hydroxylation sites is 1. The summed E-state index contributed by atoms with van der Waals surface area (Å²) in [5, 5.41) is 0. The number of hydrogen-bond donors (Lipinski definition) is 0. The molecule has 1 atom stereocenters. The summed E-state index contributed by atoms with van der Waals surface area (Å²) in [6.45, 7) is 0. The van der Waals surface area contributed by atoms with Crippen LogP contribution in [0.1, 0.15) is 23.1 Å². The Morgan fingerprint density at radius 3 is 1.55 bits per heavy atom. The van der Waals surface area contributed by atoms with Crippen molar-refractivity contribution in [1.29, 1.82) is 0 Å². The van der Waals surface area contributed by atoms with Gasteiger partial charge in [0, 0.05) is 33.7 Å². The summed E-state index contributed by atoms with van der Waals surface area (Å²) in [6.07, 6.45) is 7.47. The van der Waals surface area contributed by atoms with E-state index in [2.05, 4.69) is 164 Å². The number of hydrogen-bond acceptors (Lipinski definition) is 4. The van der Waals surface area contributed by atoms with Crippen LogP contribution in [0.3, 0.4) is 0 Å². The van der Waals surface area contributed by atoms with Crippen molar-refractivity contribution in [2.24, 2.45) is 5.92 Å². The summed E-state index contributed by atoms with van der Waals surface area (Å²) >= 11 is 0. The molecule has 0 amide bonds. The van der Waals surface area contributed by atoms with Crippen LogP contribution in [0.25, 0.3) is 67.5 Å². The molecule has 56 heavy (non-hydrogen) atoms. The fourth-order valence-corrected chi connectivity index (χ4v) is 9.31. The molecule has 0 saturated heterocycles. The van der Waals surface area contributed by atoms with Crippen LogP contribution < -0.4 is 4.74 Å². The second-order valence-corrected chi connectivity index (χ2v) is 14.6. The van der Waals surface area contributed by atoms with Crippen molar-refractivity contribution in [1.82, 2.24) is 15.0 Å². The zero-order chi connectivity index (χ0) is 37.1. The molecule has 1 unspecified atom stereocenters. The molecule has 1 aromatic heterocycles. The van der Waals surface area contributed by atoms with E-state index in [1.54, 1.807) is 0 Å². The van der Waals surface area contributed by atoms with Crippen LogP contribution in [0.4, 0.5) is 0 Å². The first-order valence-corrected chi connectivity index (χ1v) is 19.2. The summed E-state index contributed by atoms with van der Waals surface area (Å²) in [4.78, 5) is 15.6. The van der Waals surface area contributed by atoms with E-state index in [1.165, 1.54) is 27.8 Å². The molecule has 2 aliphatic carbocycles. The van der Waals surface area contributed by atoms with Crippen LogP contribution in [0.2, 0.25) is 0 Å². The van der Waals surface area contributed by atoms with Gasteiger partial charge in [-0.15, -0.1) is 0 Å². The maximum absolute atomic E-state index is 7.14. The maximum atomic E-state index is 7.14. The summed E-state index contributed by atoms with van der Waals surface area (Å²) in [5.41, 5.74) is 12.9. The zero-order valence-electron chi connectivity index (χ0n) is 30.5. The Morgan fingerprint density at radius 2 is 0.893 bits per heavy atom. The average molecular weight is 718 g/mol. The minimum Gasteiger partial charge on any atom is -0.460 e. The van der Waals surface area contributed by atoms with Gasteiger partial charge in [-0.1, -0.05) is 188 Å². The Bertz CT molecular complexity index is 2830. The third-order valence-electron chi connectivity index (χ3n) is 11.7. The molecule has 3 aliphatic rings. The van der Waals surface area contributed by atoms with Crippen molar-refractivity contribution in [2.75, 3.05) is 0 Å². The highest BCUT2D eigenvalue weighted by molar-refractivity contribution is 5.90. The molecule has 7 aromatic carbocycles. The van der Waals surface area contributed by atoms with Gasteiger partial charge in [0.15, 0.2) is 17.5 Å². The number of aromatic nitrogens is 3. The van der Waals surface area contributed by atoms with Gasteiger partial charge < -0.3 is 4.74 Å². The van der Waals surface area contributed by atoms with Crippen molar-refractivity contribution in [3.05, 3.63) is 217 Å². The van der Waals surface area contributed by atoms with E-state index in [-0.39, 0.29) is 5.92 Å². The van der Waals surface area contributed by atoms with Crippen LogP contribution in [0.15, 0.2) is 200 Å². The Kier molecular flexibility index (Phi) is 7.49. The highest BCUT2D eigenvalue weighted by Crippen LogP contribution is 2.64. The normalized spacial score (nSPS) is 15.6. The first-order chi connectivity index (χ1) is 27.8. The Labute approximate surface area is 326 Å². The van der Waals surface area contributed by atoms with Gasteiger partial charge >= 0.3 is 0 Å². The summed E-state index contributed by atoms with van der Waals surface area (Å²) in [7, 11) is 0. The molecule has 11 rings (SSSR count). The fraction of sp³-hybridized carbons (Fsp3) is 0.0577. The van der Waals surface area contributed by atoms with E-state index in [0.717, 1.165) is 56.9 Å². The van der Waals surface area contributed by atoms with Gasteiger partial charge in [-0.05, 0) is 51.4 Å². The maximum Gasteiger partial charge on any atom is 0.164 e. The molecular weight excluding hydrogens is 683 g/mol. The molecule has 264 valence electrons. The predicted molar refractivity (Wildman–Crippen MR) is 225 cm³/mol. The molecule has 0 fully saturated rings. The fourth-order valence-electron chi connectivity index (χ4n) is 9.31. The lowest BCUT2D eigenvalue weighted by Gasteiger charge is -2.46. The van der Waals surface area contributed by atoms with Crippen molar-refractivity contribution in [3.8, 4) is 73.3 Å². The number of ether oxygens (including phenoxy) is 1. The molecule has 1 aliphatic heterocycles. The Morgan fingerprint density at radius 1 is 0.411 bits per heavy atom. The van der Waals surface area contributed by atoms with Crippen molar-refractivity contribution in [2.45, 2.75) is 11.8 Å². The van der Waals surface area contributed by atoms with Gasteiger partial charge in [-0.2, -0.15) is 0 Å². The standard InChI is InChI=1S/C52H35N3O/c1-3-18-34(19-4-1)36-22-7-9-26-41(36)50-53-49(35-20-5-2-6-21-35)54-51(55-50)42-27-10-8-23-37(42)40-28-17-32-46-48(40)56-47-33-16-15-31-45(47)52(46)43-29-13-11-24-38(43)39-25-12-14-30-44(39)52/h1-30,32-33,45H,31H2. The van der Waals surface area contributed by atoms with Gasteiger partial charge in [-0.3, -0.25) is 0 Å². The van der Waals surface area contributed by atoms with Crippen LogP contribution in [0.5, 0.6) is 5.75 Å². The average Bonchev–Trinajstić information content (AvgIpc) is 3.57. The van der Waals surface area contributed by atoms with Gasteiger partial charge in [-0.25, -0.2) is 15.0 Å². The van der Waals surface area contributed by atoms with Crippen LogP contribution >= 0.6 is 0 Å². The monoisotopic (exact) mass is 717 g/mol. The topological polar surface area (TPSA) is 47.9 Å². The summed E-state index contributed by atoms with van der Waals surface area (Å²) < 4.78 is 7.14. The molecule has 0 saturated carbocycles. The number of benzene rings is 7. The minimum atomic E-state index is -0.426. The summed E-state index contributed by atoms with van der Waals surface area (Å²) in [6, 6.07) is 61.9. The molecule has 4 nitrogen and oxygen atoms in total. The Balaban J connectivity index is 1.15. The quantitative estimate of drug-likeness (QED) is 0.178. The predicted octanol–water partition coefficient (Wildman–Crippen LogP) is 12.4. The lowest BCUT2D eigenvalue weighted by Crippen LogP contribution is -2.42. The zero-order valence-corrected chi connectivity index (χ0v) is 30.5. The molecule has 8 aromatic rings. The van der Waals surface area contributed by atoms with Crippen LogP contribution in [-0.4, -0.2) is 15.0 Å². The third kappa shape index (κ3) is 4.89. The van der Waals surface area contributed by atoms with Crippen LogP contribution in [0, 0.1) is 5.92 Å². The minimum absolute atomic E-state index is 0.111. The highest BCUT2D eigenvalue weighted by atomic mass is 16.5. The number of allylic oxidation sites excluding steroid dienone is 4. The van der Waals surface area contributed by atoms with Gasteiger partial charge in [0.1, 0.15) is 11.5 Å². The molecule has 2 heterocycles. The lowest BCUT2D eigenvalue weighted by molar-refractivity contribution is 0.254. The second kappa shape index (κ2) is 13.0. The smallest absolute Gasteiger partial charge is 0.164 e. The van der Waals surface area contributed by atoms with E-state index >= 15 is 0 Å². The second-order valence-electron chi connectivity index (χ2n) is 14.6. The molecule has 4 heteroatoms. The van der Waals surface area contributed by atoms with E-state index in [9.17, 15) is 0 Å². The first-order valence-electron chi connectivity index (χ1n) is 19.2. The SMILES string of the molecule is C1=CCC2C(=C1)Oc1c(-c3ccccc3-c3nc(-c4ccccc4)nc(-c4ccccc4-c4ccccc4)n3)cccc1C21c2ccccc2-c2ccccc21. The van der Waals surface area contributed by atoms with E-state index < -0.39 is 5.41 Å². The lowest BCUT2D eigenvalue weighted by atomic mass is 9.60. The van der Waals surface area contributed by atoms with Crippen molar-refractivity contribution < 1.29 is 4.74 Å². The van der Waals surface area contributed by atoms with E-state index in [4.69, 9.17) is 19.7 Å². The van der Waals surface area contributed by atoms with E-state index in [0.29, 0.717) is 17.5 Å².